The average Bonchev–Trinajstić information content (AvgIpc) is 3.23. The predicted molar refractivity (Wildman–Crippen MR) is 113 cm³/mol. The maximum atomic E-state index is 2.30. The van der Waals surface area contributed by atoms with Crippen LogP contribution in [0.25, 0.3) is 0 Å². The fourth-order valence-electron chi connectivity index (χ4n) is 3.56. The van der Waals surface area contributed by atoms with Gasteiger partial charge in [-0.1, -0.05) is 115 Å². The van der Waals surface area contributed by atoms with E-state index in [0.29, 0.717) is 0 Å². The average molecular weight is 340 g/mol. The number of hydrogen-bond donors (Lipinski definition) is 0. The molecule has 0 atom stereocenters. The van der Waals surface area contributed by atoms with Gasteiger partial charge in [-0.15, -0.1) is 0 Å². The second kappa shape index (κ2) is 7.13. The lowest BCUT2D eigenvalue weighted by atomic mass is 10.2. The topological polar surface area (TPSA) is 0 Å². The Bertz CT molecular complexity index is 891. The summed E-state index contributed by atoms with van der Waals surface area (Å²) in [7, 11) is 0. The molecular weight excluding hydrogens is 319 g/mol. The van der Waals surface area contributed by atoms with Crippen LogP contribution in [0.3, 0.4) is 0 Å². The minimum atomic E-state index is -1.73. The van der Waals surface area contributed by atoms with Crippen molar-refractivity contribution in [3.05, 3.63) is 121 Å². The van der Waals surface area contributed by atoms with Gasteiger partial charge in [-0.05, 0) is 28.4 Å². The summed E-state index contributed by atoms with van der Waals surface area (Å²) in [6.45, 7) is -1.73. The van der Waals surface area contributed by atoms with Gasteiger partial charge in [0, 0.05) is 6.16 Å². The zero-order valence-corrected chi connectivity index (χ0v) is 15.0. The lowest BCUT2D eigenvalue weighted by Crippen LogP contribution is -2.22. The van der Waals surface area contributed by atoms with Crippen LogP contribution in [-0.2, 0) is 6.16 Å². The molecule has 0 unspecified atom stereocenters. The fourth-order valence-corrected chi connectivity index (χ4v) is 7.81. The van der Waals surface area contributed by atoms with E-state index in [4.69, 9.17) is 0 Å². The molecule has 0 aliphatic heterocycles. The second-order valence-electron chi connectivity index (χ2n) is 6.27. The molecule has 0 amide bonds. The third-order valence-corrected chi connectivity index (χ3v) is 9.12. The third-order valence-electron chi connectivity index (χ3n) is 4.74. The quantitative estimate of drug-likeness (QED) is 0.576. The minimum absolute atomic E-state index is 1.05. The van der Waals surface area contributed by atoms with Crippen molar-refractivity contribution in [3.63, 3.8) is 0 Å². The maximum absolute atomic E-state index is 2.30. The van der Waals surface area contributed by atoms with E-state index in [-0.39, 0.29) is 0 Å². The molecule has 1 aliphatic rings. The van der Waals surface area contributed by atoms with Gasteiger partial charge in [-0.3, -0.25) is 0 Å². The Balaban J connectivity index is 2.05. The molecule has 0 bridgehead atoms. The summed E-state index contributed by atoms with van der Waals surface area (Å²) in [5.41, 5.74) is 1.39. The normalized spacial score (nSPS) is 13.4. The summed E-state index contributed by atoms with van der Waals surface area (Å²) in [6.07, 6.45) is 9.99. The van der Waals surface area contributed by atoms with Gasteiger partial charge in [0.1, 0.15) is 0 Å². The summed E-state index contributed by atoms with van der Waals surface area (Å²) in [5.74, 6) is 0. The van der Waals surface area contributed by atoms with Crippen molar-refractivity contribution in [2.75, 3.05) is 0 Å². The highest BCUT2D eigenvalue weighted by molar-refractivity contribution is 7.89. The number of rotatable bonds is 4. The highest BCUT2D eigenvalue weighted by Gasteiger charge is 2.26. The number of benzene rings is 3. The molecule has 0 nitrogen and oxygen atoms in total. The predicted octanol–water partition coefficient (Wildman–Crippen LogP) is 5.15. The number of allylic oxidation sites excluding steroid dienone is 4. The van der Waals surface area contributed by atoms with Gasteiger partial charge in [0.25, 0.3) is 0 Å². The molecule has 1 aliphatic carbocycles. The van der Waals surface area contributed by atoms with Crippen molar-refractivity contribution in [1.82, 2.24) is 0 Å². The van der Waals surface area contributed by atoms with Crippen molar-refractivity contribution in [3.8, 4) is 0 Å². The van der Waals surface area contributed by atoms with Crippen LogP contribution >= 0.6 is 6.89 Å². The lowest BCUT2D eigenvalue weighted by molar-refractivity contribution is 1.40. The SMILES string of the molecule is C1=CC(=P(Cc2ccccc2)(c2ccccc2)c2ccccc2)C=C1. The van der Waals surface area contributed by atoms with E-state index < -0.39 is 6.89 Å². The fraction of sp³-hybridized carbons (Fsp3) is 0.0417. The molecule has 4 rings (SSSR count). The summed E-state index contributed by atoms with van der Waals surface area (Å²) >= 11 is 0. The molecular formula is C24H21P. The highest BCUT2D eigenvalue weighted by Crippen LogP contribution is 2.51. The van der Waals surface area contributed by atoms with Crippen LogP contribution in [-0.4, -0.2) is 5.29 Å². The van der Waals surface area contributed by atoms with Gasteiger partial charge in [0.15, 0.2) is 0 Å². The Morgan fingerprint density at radius 2 is 0.960 bits per heavy atom. The third kappa shape index (κ3) is 3.06. The Labute approximate surface area is 150 Å². The van der Waals surface area contributed by atoms with E-state index in [1.165, 1.54) is 21.5 Å². The first kappa shape index (κ1) is 15.9. The van der Waals surface area contributed by atoms with Crippen molar-refractivity contribution in [1.29, 1.82) is 0 Å². The van der Waals surface area contributed by atoms with Gasteiger partial charge < -0.3 is 0 Å². The molecule has 3 aromatic carbocycles. The van der Waals surface area contributed by atoms with E-state index in [1.54, 1.807) is 0 Å². The molecule has 0 spiro atoms. The van der Waals surface area contributed by atoms with Gasteiger partial charge in [0.2, 0.25) is 0 Å². The molecule has 0 saturated heterocycles. The largest absolute Gasteiger partial charge is 0.0622 e. The standard InChI is InChI=1S/C24H21P/c1-4-12-21(13-5-1)20-25(24-18-10-11-19-24,22-14-6-2-7-15-22)23-16-8-3-9-17-23/h1-19H,20H2. The Hall–Kier alpha value is -2.56. The first-order chi connectivity index (χ1) is 12.4. The molecule has 122 valence electrons. The summed E-state index contributed by atoms with van der Waals surface area (Å²) < 4.78 is 0. The molecule has 1 heteroatoms. The van der Waals surface area contributed by atoms with Crippen molar-refractivity contribution >= 4 is 22.8 Å². The van der Waals surface area contributed by atoms with Crippen molar-refractivity contribution in [2.24, 2.45) is 0 Å². The molecule has 0 fully saturated rings. The lowest BCUT2D eigenvalue weighted by Gasteiger charge is -2.30. The van der Waals surface area contributed by atoms with E-state index in [9.17, 15) is 0 Å². The smallest absolute Gasteiger partial charge is 0.000637 e. The van der Waals surface area contributed by atoms with Crippen LogP contribution in [0.2, 0.25) is 0 Å². The van der Waals surface area contributed by atoms with E-state index >= 15 is 0 Å². The molecule has 0 aromatic heterocycles. The van der Waals surface area contributed by atoms with Crippen LogP contribution in [0, 0.1) is 0 Å². The zero-order valence-electron chi connectivity index (χ0n) is 14.1. The Kier molecular flexibility index (Phi) is 4.55. The van der Waals surface area contributed by atoms with Crippen molar-refractivity contribution < 1.29 is 0 Å². The Morgan fingerprint density at radius 3 is 1.44 bits per heavy atom. The molecule has 0 saturated carbocycles. The molecule has 0 radical (unpaired) electrons. The molecule has 25 heavy (non-hydrogen) atoms. The maximum Gasteiger partial charge on any atom is 0.000637 e. The van der Waals surface area contributed by atoms with Crippen LogP contribution < -0.4 is 10.6 Å². The summed E-state index contributed by atoms with van der Waals surface area (Å²) in [6, 6.07) is 33.0. The molecule has 3 aromatic rings. The van der Waals surface area contributed by atoms with Crippen molar-refractivity contribution in [2.45, 2.75) is 6.16 Å². The van der Waals surface area contributed by atoms with Crippen LogP contribution in [0.5, 0.6) is 0 Å². The molecule has 0 N–H and O–H groups in total. The second-order valence-corrected chi connectivity index (χ2v) is 9.75. The number of hydrogen-bond acceptors (Lipinski definition) is 0. The van der Waals surface area contributed by atoms with E-state index in [1.807, 2.05) is 0 Å². The van der Waals surface area contributed by atoms with Gasteiger partial charge >= 0.3 is 0 Å². The summed E-state index contributed by atoms with van der Waals surface area (Å²) in [4.78, 5) is 0. The van der Waals surface area contributed by atoms with Gasteiger partial charge in [0.05, 0.1) is 0 Å². The van der Waals surface area contributed by atoms with Crippen LogP contribution in [0.15, 0.2) is 115 Å². The summed E-state index contributed by atoms with van der Waals surface area (Å²) in [5, 5.41) is 4.33. The zero-order chi connectivity index (χ0) is 17.0. The Morgan fingerprint density at radius 1 is 0.520 bits per heavy atom. The van der Waals surface area contributed by atoms with E-state index in [2.05, 4.69) is 115 Å². The first-order valence-corrected chi connectivity index (χ1v) is 10.6. The van der Waals surface area contributed by atoms with Gasteiger partial charge in [-0.25, -0.2) is 0 Å². The van der Waals surface area contributed by atoms with Gasteiger partial charge in [-0.2, -0.15) is 0 Å². The monoisotopic (exact) mass is 340 g/mol. The van der Waals surface area contributed by atoms with Crippen LogP contribution in [0.4, 0.5) is 0 Å². The minimum Gasteiger partial charge on any atom is -0.0622 e. The highest BCUT2D eigenvalue weighted by atomic mass is 31.2. The van der Waals surface area contributed by atoms with E-state index in [0.717, 1.165) is 6.16 Å². The molecule has 0 heterocycles. The van der Waals surface area contributed by atoms with Crippen LogP contribution in [0.1, 0.15) is 5.56 Å². The first-order valence-electron chi connectivity index (χ1n) is 8.65.